The second-order valence-electron chi connectivity index (χ2n) is 4.04. The van der Waals surface area contributed by atoms with Crippen molar-refractivity contribution < 1.29 is 9.66 Å². The lowest BCUT2D eigenvalue weighted by molar-refractivity contribution is -0.386. The fourth-order valence-corrected chi connectivity index (χ4v) is 1.76. The number of aromatic nitrogens is 1. The maximum atomic E-state index is 10.8. The molecule has 0 fully saturated rings. The second-order valence-corrected chi connectivity index (χ2v) is 4.89. The van der Waals surface area contributed by atoms with E-state index in [1.807, 2.05) is 0 Å². The Bertz CT molecular complexity index is 413. The first-order valence-electron chi connectivity index (χ1n) is 5.66. The van der Waals surface area contributed by atoms with Gasteiger partial charge in [-0.15, -0.1) is 0 Å². The van der Waals surface area contributed by atoms with Gasteiger partial charge in [0, 0.05) is 12.2 Å². The molecule has 6 nitrogen and oxygen atoms in total. The van der Waals surface area contributed by atoms with Gasteiger partial charge in [0.05, 0.1) is 16.0 Å². The lowest BCUT2D eigenvalue weighted by atomic mass is 10.3. The van der Waals surface area contributed by atoms with E-state index in [1.54, 1.807) is 0 Å². The van der Waals surface area contributed by atoms with Crippen molar-refractivity contribution in [2.45, 2.75) is 26.3 Å². The normalized spacial score (nSPS) is 10.7. The van der Waals surface area contributed by atoms with Crippen LogP contribution in [0.5, 0.6) is 5.75 Å². The van der Waals surface area contributed by atoms with Crippen LogP contribution in [0.2, 0.25) is 0 Å². The van der Waals surface area contributed by atoms with Crippen molar-refractivity contribution >= 4 is 21.6 Å². The summed E-state index contributed by atoms with van der Waals surface area (Å²) >= 11 is 3.20. The summed E-state index contributed by atoms with van der Waals surface area (Å²) < 4.78 is 5.94. The number of ether oxygens (including phenoxy) is 1. The van der Waals surface area contributed by atoms with Gasteiger partial charge >= 0.3 is 5.69 Å². The van der Waals surface area contributed by atoms with E-state index in [0.29, 0.717) is 17.1 Å². The largest absolute Gasteiger partial charge is 0.486 e. The molecule has 0 saturated heterocycles. The molecule has 1 aromatic rings. The molecule has 0 unspecified atom stereocenters. The van der Waals surface area contributed by atoms with Crippen molar-refractivity contribution in [1.82, 2.24) is 10.3 Å². The van der Waals surface area contributed by atoms with Gasteiger partial charge in [-0.3, -0.25) is 15.1 Å². The first kappa shape index (κ1) is 14.8. The number of hydrogen-bond donors (Lipinski definition) is 1. The van der Waals surface area contributed by atoms with Gasteiger partial charge in [0.25, 0.3) is 0 Å². The highest BCUT2D eigenvalue weighted by Gasteiger charge is 2.18. The first-order chi connectivity index (χ1) is 8.52. The summed E-state index contributed by atoms with van der Waals surface area (Å²) in [5.41, 5.74) is -0.124. The average Bonchev–Trinajstić information content (AvgIpc) is 2.29. The fourth-order valence-electron chi connectivity index (χ4n) is 1.32. The predicted octanol–water partition coefficient (Wildman–Crippen LogP) is 2.52. The van der Waals surface area contributed by atoms with Crippen LogP contribution in [0.25, 0.3) is 0 Å². The molecular formula is C11H16BrN3O3. The summed E-state index contributed by atoms with van der Waals surface area (Å²) in [6.07, 6.45) is 3.45. The highest BCUT2D eigenvalue weighted by molar-refractivity contribution is 9.10. The molecule has 0 spiro atoms. The van der Waals surface area contributed by atoms with E-state index in [0.717, 1.165) is 13.0 Å². The van der Waals surface area contributed by atoms with Gasteiger partial charge < -0.3 is 10.1 Å². The molecule has 0 aliphatic carbocycles. The van der Waals surface area contributed by atoms with Crippen LogP contribution in [-0.2, 0) is 0 Å². The molecule has 0 saturated carbocycles. The molecule has 0 aromatic carbocycles. The van der Waals surface area contributed by atoms with E-state index in [9.17, 15) is 10.1 Å². The van der Waals surface area contributed by atoms with Crippen LogP contribution in [0.15, 0.2) is 16.9 Å². The zero-order valence-electron chi connectivity index (χ0n) is 10.4. The Balaban J connectivity index is 2.53. The van der Waals surface area contributed by atoms with Gasteiger partial charge in [-0.25, -0.2) is 0 Å². The Hall–Kier alpha value is -1.21. The monoisotopic (exact) mass is 317 g/mol. The minimum atomic E-state index is -0.501. The number of rotatable bonds is 7. The SMILES string of the molecule is CC(C)NCCCOc1c(Br)cncc1[N+](=O)[O-]. The van der Waals surface area contributed by atoms with Crippen LogP contribution >= 0.6 is 15.9 Å². The van der Waals surface area contributed by atoms with Gasteiger partial charge in [-0.1, -0.05) is 13.8 Å². The lowest BCUT2D eigenvalue weighted by Crippen LogP contribution is -2.24. The summed E-state index contributed by atoms with van der Waals surface area (Å²) in [5.74, 6) is 0.236. The fraction of sp³-hybridized carbons (Fsp3) is 0.545. The summed E-state index contributed by atoms with van der Waals surface area (Å²) in [5, 5.41) is 14.1. The van der Waals surface area contributed by atoms with Crippen molar-refractivity contribution in [3.8, 4) is 5.75 Å². The Labute approximate surface area is 114 Å². The van der Waals surface area contributed by atoms with Crippen LogP contribution in [0.1, 0.15) is 20.3 Å². The second kappa shape index (κ2) is 7.27. The van der Waals surface area contributed by atoms with Crippen molar-refractivity contribution in [1.29, 1.82) is 0 Å². The molecule has 1 aromatic heterocycles. The molecule has 18 heavy (non-hydrogen) atoms. The zero-order chi connectivity index (χ0) is 13.5. The quantitative estimate of drug-likeness (QED) is 0.475. The van der Waals surface area contributed by atoms with Gasteiger partial charge in [0.1, 0.15) is 6.20 Å². The molecule has 1 N–H and O–H groups in total. The molecular weight excluding hydrogens is 302 g/mol. The standard InChI is InChI=1S/C11H16BrN3O3/c1-8(2)14-4-3-5-18-11-9(12)6-13-7-10(11)15(16)17/h6-8,14H,3-5H2,1-2H3. The lowest BCUT2D eigenvalue weighted by Gasteiger charge is -2.10. The zero-order valence-corrected chi connectivity index (χ0v) is 11.9. The molecule has 0 atom stereocenters. The van der Waals surface area contributed by atoms with E-state index in [1.165, 1.54) is 12.4 Å². The van der Waals surface area contributed by atoms with Crippen molar-refractivity contribution in [3.05, 3.63) is 27.0 Å². The molecule has 0 aliphatic rings. The van der Waals surface area contributed by atoms with E-state index in [2.05, 4.69) is 40.1 Å². The highest BCUT2D eigenvalue weighted by atomic mass is 79.9. The average molecular weight is 318 g/mol. The smallest absolute Gasteiger partial charge is 0.330 e. The molecule has 0 amide bonds. The van der Waals surface area contributed by atoms with Crippen molar-refractivity contribution in [3.63, 3.8) is 0 Å². The van der Waals surface area contributed by atoms with Gasteiger partial charge in [-0.05, 0) is 28.9 Å². The molecule has 100 valence electrons. The third-order valence-electron chi connectivity index (χ3n) is 2.15. The van der Waals surface area contributed by atoms with Crippen LogP contribution in [0.3, 0.4) is 0 Å². The summed E-state index contributed by atoms with van der Waals surface area (Å²) in [4.78, 5) is 14.1. The molecule has 0 aliphatic heterocycles. The maximum absolute atomic E-state index is 10.8. The number of nitrogens with zero attached hydrogens (tertiary/aromatic N) is 2. The van der Waals surface area contributed by atoms with E-state index >= 15 is 0 Å². The number of nitrogens with one attached hydrogen (secondary N) is 1. The third-order valence-corrected chi connectivity index (χ3v) is 2.72. The minimum Gasteiger partial charge on any atom is -0.486 e. The molecule has 0 radical (unpaired) electrons. The molecule has 1 rings (SSSR count). The van der Waals surface area contributed by atoms with Gasteiger partial charge in [0.2, 0.25) is 5.75 Å². The van der Waals surface area contributed by atoms with E-state index < -0.39 is 4.92 Å². The Morgan fingerprint density at radius 1 is 1.56 bits per heavy atom. The molecule has 0 bridgehead atoms. The van der Waals surface area contributed by atoms with Crippen LogP contribution in [0, 0.1) is 10.1 Å². The van der Waals surface area contributed by atoms with Gasteiger partial charge in [-0.2, -0.15) is 0 Å². The number of nitro groups is 1. The predicted molar refractivity (Wildman–Crippen MR) is 71.8 cm³/mol. The maximum Gasteiger partial charge on any atom is 0.330 e. The van der Waals surface area contributed by atoms with E-state index in [4.69, 9.17) is 4.74 Å². The Morgan fingerprint density at radius 2 is 2.28 bits per heavy atom. The van der Waals surface area contributed by atoms with Crippen LogP contribution in [0.4, 0.5) is 5.69 Å². The first-order valence-corrected chi connectivity index (χ1v) is 6.45. The highest BCUT2D eigenvalue weighted by Crippen LogP contribution is 2.33. The summed E-state index contributed by atoms with van der Waals surface area (Å²) in [6.45, 7) is 5.35. The third kappa shape index (κ3) is 4.58. The van der Waals surface area contributed by atoms with Crippen LogP contribution in [-0.4, -0.2) is 29.1 Å². The summed E-state index contributed by atoms with van der Waals surface area (Å²) in [7, 11) is 0. The number of hydrogen-bond acceptors (Lipinski definition) is 5. The Morgan fingerprint density at radius 3 is 2.89 bits per heavy atom. The summed E-state index contributed by atoms with van der Waals surface area (Å²) in [6, 6.07) is 0.423. The molecule has 1 heterocycles. The number of halogens is 1. The molecule has 7 heteroatoms. The Kier molecular flexibility index (Phi) is 6.00. The minimum absolute atomic E-state index is 0.124. The van der Waals surface area contributed by atoms with Crippen LogP contribution < -0.4 is 10.1 Å². The van der Waals surface area contributed by atoms with Crippen molar-refractivity contribution in [2.24, 2.45) is 0 Å². The van der Waals surface area contributed by atoms with Gasteiger partial charge in [0.15, 0.2) is 0 Å². The topological polar surface area (TPSA) is 77.3 Å². The number of pyridine rings is 1. The van der Waals surface area contributed by atoms with E-state index in [-0.39, 0.29) is 11.4 Å². The van der Waals surface area contributed by atoms with Crippen molar-refractivity contribution in [2.75, 3.05) is 13.2 Å².